The number of likely N-dealkylation sites (tertiary alicyclic amines) is 1. The van der Waals surface area contributed by atoms with E-state index >= 15 is 0 Å². The van der Waals surface area contributed by atoms with E-state index in [-0.39, 0.29) is 30.2 Å². The van der Waals surface area contributed by atoms with E-state index in [1.54, 1.807) is 17.0 Å². The summed E-state index contributed by atoms with van der Waals surface area (Å²) in [5.74, 6) is -0.444. The van der Waals surface area contributed by atoms with Crippen LogP contribution in [-0.4, -0.2) is 36.5 Å². The number of carbonyl (C=O) groups excluding carboxylic acids is 1. The molecule has 2 aromatic rings. The molecule has 1 aliphatic heterocycles. The van der Waals surface area contributed by atoms with E-state index in [1.807, 2.05) is 30.3 Å². The van der Waals surface area contributed by atoms with Gasteiger partial charge in [0.15, 0.2) is 18.2 Å². The standard InChI is InChI=1S/C18H19FN2O2/c19-15-8-4-5-9-17(15)23-12-18(22)21-10-14(16(20)11-21)13-6-2-1-3-7-13/h1-9,14,16H,10-12,20H2/t14-,16+/m0/s1. The van der Waals surface area contributed by atoms with Crippen LogP contribution >= 0.6 is 0 Å². The van der Waals surface area contributed by atoms with Crippen molar-refractivity contribution < 1.29 is 13.9 Å². The number of amides is 1. The van der Waals surface area contributed by atoms with Crippen molar-refractivity contribution in [2.45, 2.75) is 12.0 Å². The summed E-state index contributed by atoms with van der Waals surface area (Å²) < 4.78 is 18.8. The molecule has 1 heterocycles. The predicted octanol–water partition coefficient (Wildman–Crippen LogP) is 2.16. The van der Waals surface area contributed by atoms with E-state index in [9.17, 15) is 9.18 Å². The van der Waals surface area contributed by atoms with Crippen molar-refractivity contribution in [3.63, 3.8) is 0 Å². The van der Waals surface area contributed by atoms with E-state index in [4.69, 9.17) is 10.5 Å². The highest BCUT2D eigenvalue weighted by molar-refractivity contribution is 5.78. The van der Waals surface area contributed by atoms with Crippen LogP contribution in [-0.2, 0) is 4.79 Å². The molecule has 3 rings (SSSR count). The van der Waals surface area contributed by atoms with Gasteiger partial charge in [-0.15, -0.1) is 0 Å². The lowest BCUT2D eigenvalue weighted by molar-refractivity contribution is -0.132. The van der Waals surface area contributed by atoms with Gasteiger partial charge in [0.25, 0.3) is 5.91 Å². The summed E-state index contributed by atoms with van der Waals surface area (Å²) in [6.07, 6.45) is 0. The molecule has 2 atom stereocenters. The number of rotatable bonds is 4. The number of benzene rings is 2. The van der Waals surface area contributed by atoms with Crippen molar-refractivity contribution in [2.24, 2.45) is 5.73 Å². The second-order valence-corrected chi connectivity index (χ2v) is 5.70. The van der Waals surface area contributed by atoms with Gasteiger partial charge in [0.05, 0.1) is 0 Å². The quantitative estimate of drug-likeness (QED) is 0.941. The summed E-state index contributed by atoms with van der Waals surface area (Å²) in [5.41, 5.74) is 7.31. The molecule has 0 aliphatic carbocycles. The summed E-state index contributed by atoms with van der Waals surface area (Å²) in [4.78, 5) is 14.0. The molecule has 0 bridgehead atoms. The van der Waals surface area contributed by atoms with Gasteiger partial charge < -0.3 is 15.4 Å². The Bertz CT molecular complexity index is 678. The third kappa shape index (κ3) is 3.51. The molecule has 1 amide bonds. The number of nitrogens with zero attached hydrogens (tertiary/aromatic N) is 1. The fourth-order valence-corrected chi connectivity index (χ4v) is 2.88. The first-order valence-corrected chi connectivity index (χ1v) is 7.61. The van der Waals surface area contributed by atoms with Crippen LogP contribution in [0.2, 0.25) is 0 Å². The molecule has 0 spiro atoms. The Balaban J connectivity index is 1.60. The van der Waals surface area contributed by atoms with Crippen LogP contribution in [0.5, 0.6) is 5.75 Å². The second kappa shape index (κ2) is 6.79. The van der Waals surface area contributed by atoms with Crippen molar-refractivity contribution in [3.8, 4) is 5.75 Å². The summed E-state index contributed by atoms with van der Waals surface area (Å²) in [7, 11) is 0. The third-order valence-corrected chi connectivity index (χ3v) is 4.13. The summed E-state index contributed by atoms with van der Waals surface area (Å²) in [6.45, 7) is 0.860. The van der Waals surface area contributed by atoms with Crippen molar-refractivity contribution in [2.75, 3.05) is 19.7 Å². The largest absolute Gasteiger partial charge is 0.481 e. The topological polar surface area (TPSA) is 55.6 Å². The number of hydrogen-bond donors (Lipinski definition) is 1. The van der Waals surface area contributed by atoms with Crippen molar-refractivity contribution in [3.05, 3.63) is 66.0 Å². The Hall–Kier alpha value is -2.40. The fourth-order valence-electron chi connectivity index (χ4n) is 2.88. The van der Waals surface area contributed by atoms with E-state index in [0.29, 0.717) is 13.1 Å². The molecule has 0 unspecified atom stereocenters. The number of carbonyl (C=O) groups is 1. The van der Waals surface area contributed by atoms with Crippen LogP contribution in [0, 0.1) is 5.82 Å². The molecule has 23 heavy (non-hydrogen) atoms. The average Bonchev–Trinajstić information content (AvgIpc) is 2.96. The maximum Gasteiger partial charge on any atom is 0.260 e. The number of hydrogen-bond acceptors (Lipinski definition) is 3. The smallest absolute Gasteiger partial charge is 0.260 e. The summed E-state index contributed by atoms with van der Waals surface area (Å²) in [6, 6.07) is 15.9. The SMILES string of the molecule is N[C@@H]1CN(C(=O)COc2ccccc2F)C[C@H]1c1ccccc1. The highest BCUT2D eigenvalue weighted by Crippen LogP contribution is 2.26. The molecule has 120 valence electrons. The van der Waals surface area contributed by atoms with Crippen LogP contribution in [0.15, 0.2) is 54.6 Å². The van der Waals surface area contributed by atoms with Gasteiger partial charge >= 0.3 is 0 Å². The number of para-hydroxylation sites is 1. The van der Waals surface area contributed by atoms with Gasteiger partial charge in [0, 0.05) is 25.0 Å². The molecule has 2 N–H and O–H groups in total. The Morgan fingerprint density at radius 1 is 1.13 bits per heavy atom. The zero-order valence-electron chi connectivity index (χ0n) is 12.7. The predicted molar refractivity (Wildman–Crippen MR) is 85.6 cm³/mol. The minimum atomic E-state index is -0.472. The second-order valence-electron chi connectivity index (χ2n) is 5.70. The van der Waals surface area contributed by atoms with E-state index < -0.39 is 5.82 Å². The molecule has 1 saturated heterocycles. The van der Waals surface area contributed by atoms with E-state index in [0.717, 1.165) is 5.56 Å². The highest BCUT2D eigenvalue weighted by Gasteiger charge is 2.33. The molecule has 0 aromatic heterocycles. The Kier molecular flexibility index (Phi) is 4.57. The fraction of sp³-hybridized carbons (Fsp3) is 0.278. The van der Waals surface area contributed by atoms with Crippen LogP contribution in [0.1, 0.15) is 11.5 Å². The Morgan fingerprint density at radius 2 is 1.83 bits per heavy atom. The number of ether oxygens (including phenoxy) is 1. The molecule has 0 radical (unpaired) electrons. The monoisotopic (exact) mass is 314 g/mol. The first-order valence-electron chi connectivity index (χ1n) is 7.61. The lowest BCUT2D eigenvalue weighted by Gasteiger charge is -2.17. The van der Waals surface area contributed by atoms with E-state index in [2.05, 4.69) is 0 Å². The van der Waals surface area contributed by atoms with Crippen LogP contribution in [0.4, 0.5) is 4.39 Å². The maximum atomic E-state index is 13.5. The normalized spacial score (nSPS) is 20.5. The zero-order valence-corrected chi connectivity index (χ0v) is 12.7. The number of halogens is 1. The molecule has 5 heteroatoms. The minimum absolute atomic E-state index is 0.0870. The summed E-state index contributed by atoms with van der Waals surface area (Å²) in [5, 5.41) is 0. The Labute approximate surface area is 134 Å². The molecule has 1 aliphatic rings. The minimum Gasteiger partial charge on any atom is -0.481 e. The van der Waals surface area contributed by atoms with Crippen molar-refractivity contribution in [1.29, 1.82) is 0 Å². The van der Waals surface area contributed by atoms with Gasteiger partial charge in [-0.05, 0) is 17.7 Å². The maximum absolute atomic E-state index is 13.5. The molecule has 0 saturated carbocycles. The Morgan fingerprint density at radius 3 is 2.57 bits per heavy atom. The van der Waals surface area contributed by atoms with Crippen LogP contribution in [0.3, 0.4) is 0 Å². The van der Waals surface area contributed by atoms with Gasteiger partial charge in [-0.25, -0.2) is 4.39 Å². The van der Waals surface area contributed by atoms with Crippen LogP contribution in [0.25, 0.3) is 0 Å². The highest BCUT2D eigenvalue weighted by atomic mass is 19.1. The van der Waals surface area contributed by atoms with Crippen molar-refractivity contribution >= 4 is 5.91 Å². The molecule has 4 nitrogen and oxygen atoms in total. The lowest BCUT2D eigenvalue weighted by atomic mass is 9.95. The zero-order chi connectivity index (χ0) is 16.2. The average molecular weight is 314 g/mol. The third-order valence-electron chi connectivity index (χ3n) is 4.13. The lowest BCUT2D eigenvalue weighted by Crippen LogP contribution is -2.35. The number of nitrogens with two attached hydrogens (primary N) is 1. The van der Waals surface area contributed by atoms with Gasteiger partial charge in [0.2, 0.25) is 0 Å². The van der Waals surface area contributed by atoms with Crippen molar-refractivity contribution in [1.82, 2.24) is 4.90 Å². The van der Waals surface area contributed by atoms with Gasteiger partial charge in [-0.1, -0.05) is 42.5 Å². The van der Waals surface area contributed by atoms with Gasteiger partial charge in [-0.2, -0.15) is 0 Å². The van der Waals surface area contributed by atoms with Gasteiger partial charge in [0.1, 0.15) is 0 Å². The van der Waals surface area contributed by atoms with Gasteiger partial charge in [-0.3, -0.25) is 4.79 Å². The molecular weight excluding hydrogens is 295 g/mol. The summed E-state index contributed by atoms with van der Waals surface area (Å²) >= 11 is 0. The molecule has 1 fully saturated rings. The first kappa shape index (κ1) is 15.5. The van der Waals surface area contributed by atoms with Crippen LogP contribution < -0.4 is 10.5 Å². The molecular formula is C18H19FN2O2. The van der Waals surface area contributed by atoms with E-state index in [1.165, 1.54) is 12.1 Å². The molecule has 2 aromatic carbocycles. The first-order chi connectivity index (χ1) is 11.1.